The van der Waals surface area contributed by atoms with Crippen molar-refractivity contribution in [3.8, 4) is 11.4 Å². The van der Waals surface area contributed by atoms with E-state index in [-0.39, 0.29) is 5.56 Å². The van der Waals surface area contributed by atoms with Crippen molar-refractivity contribution >= 4 is 39.3 Å². The summed E-state index contributed by atoms with van der Waals surface area (Å²) in [4.78, 5) is 18.4. The molecule has 0 spiro atoms. The highest BCUT2D eigenvalue weighted by molar-refractivity contribution is 6.31. The number of hydrogen-bond donors (Lipinski definition) is 0. The van der Waals surface area contributed by atoms with Crippen molar-refractivity contribution in [3.05, 3.63) is 101 Å². The van der Waals surface area contributed by atoms with Crippen molar-refractivity contribution < 1.29 is 9.18 Å². The molecule has 0 aliphatic carbocycles. The van der Waals surface area contributed by atoms with Gasteiger partial charge < -0.3 is 0 Å². The first-order valence-corrected chi connectivity index (χ1v) is 9.88. The van der Waals surface area contributed by atoms with Crippen LogP contribution >= 0.6 is 11.6 Å². The van der Waals surface area contributed by atoms with Crippen molar-refractivity contribution in [2.75, 3.05) is 0 Å². The summed E-state index contributed by atoms with van der Waals surface area (Å²) in [5.74, 6) is -0.581. The van der Waals surface area contributed by atoms with E-state index in [2.05, 4.69) is 0 Å². The maximum Gasteiger partial charge on any atom is 0.267 e. The van der Waals surface area contributed by atoms with E-state index in [0.29, 0.717) is 27.4 Å². The van der Waals surface area contributed by atoms with Gasteiger partial charge in [0.1, 0.15) is 11.6 Å². The zero-order valence-electron chi connectivity index (χ0n) is 16.1. The Labute approximate surface area is 177 Å². The van der Waals surface area contributed by atoms with Gasteiger partial charge in [0.2, 0.25) is 0 Å². The smallest absolute Gasteiger partial charge is 0.267 e. The molecular weight excluding hydrogens is 399 g/mol. The van der Waals surface area contributed by atoms with E-state index in [1.54, 1.807) is 37.3 Å². The summed E-state index contributed by atoms with van der Waals surface area (Å²) < 4.78 is 16.1. The fraction of sp³-hybridized carbons (Fsp3) is 0.0400. The maximum atomic E-state index is 14.7. The van der Waals surface area contributed by atoms with Crippen LogP contribution in [0.5, 0.6) is 0 Å². The summed E-state index contributed by atoms with van der Waals surface area (Å²) in [7, 11) is 0. The number of aromatic nitrogens is 2. The van der Waals surface area contributed by atoms with Crippen molar-refractivity contribution in [1.29, 1.82) is 0 Å². The second-order valence-electron chi connectivity index (χ2n) is 7.17. The summed E-state index contributed by atoms with van der Waals surface area (Å²) in [6, 6.07) is 23.5. The van der Waals surface area contributed by atoms with Crippen LogP contribution in [0.3, 0.4) is 0 Å². The second kappa shape index (κ2) is 7.08. The molecule has 0 bridgehead atoms. The molecule has 0 fully saturated rings. The lowest BCUT2D eigenvalue weighted by Gasteiger charge is -2.12. The Kier molecular flexibility index (Phi) is 4.37. The molecule has 3 nitrogen and oxygen atoms in total. The molecule has 0 radical (unpaired) electrons. The van der Waals surface area contributed by atoms with Crippen LogP contribution in [-0.4, -0.2) is 15.5 Å². The molecule has 1 heterocycles. The second-order valence-corrected chi connectivity index (χ2v) is 7.60. The van der Waals surface area contributed by atoms with Gasteiger partial charge in [0, 0.05) is 10.6 Å². The number of aryl methyl sites for hydroxylation is 1. The fourth-order valence-electron chi connectivity index (χ4n) is 3.87. The molecule has 1 aromatic heterocycles. The predicted octanol–water partition coefficient (Wildman–Crippen LogP) is 6.65. The lowest BCUT2D eigenvalue weighted by Crippen LogP contribution is -2.16. The zero-order valence-corrected chi connectivity index (χ0v) is 16.8. The third kappa shape index (κ3) is 2.88. The number of rotatable bonds is 2. The summed E-state index contributed by atoms with van der Waals surface area (Å²) in [6.07, 6.45) is 0. The minimum absolute atomic E-state index is 0.0262. The van der Waals surface area contributed by atoms with Gasteiger partial charge in [0.15, 0.2) is 0 Å². The van der Waals surface area contributed by atoms with Gasteiger partial charge in [-0.15, -0.1) is 0 Å². The predicted molar refractivity (Wildman–Crippen MR) is 119 cm³/mol. The minimum Gasteiger partial charge on any atom is -0.268 e. The van der Waals surface area contributed by atoms with E-state index in [1.165, 1.54) is 10.6 Å². The number of nitrogens with zero attached hydrogens (tertiary/aromatic N) is 2. The van der Waals surface area contributed by atoms with Crippen molar-refractivity contribution in [2.24, 2.45) is 0 Å². The Morgan fingerprint density at radius 2 is 1.73 bits per heavy atom. The molecule has 0 saturated carbocycles. The Morgan fingerprint density at radius 3 is 2.57 bits per heavy atom. The summed E-state index contributed by atoms with van der Waals surface area (Å²) >= 11 is 6.23. The SMILES string of the molecule is Cc1cccc(F)c1C(=O)n1c(-c2cccc3ccccc23)nc2ccc(Cl)cc21. The van der Waals surface area contributed by atoms with Gasteiger partial charge in [0.05, 0.1) is 16.6 Å². The molecular formula is C25H16ClFN2O. The van der Waals surface area contributed by atoms with Crippen LogP contribution in [0, 0.1) is 12.7 Å². The Morgan fingerprint density at radius 1 is 0.967 bits per heavy atom. The lowest BCUT2D eigenvalue weighted by atomic mass is 10.0. The highest BCUT2D eigenvalue weighted by Gasteiger charge is 2.24. The van der Waals surface area contributed by atoms with Crippen LogP contribution in [0.25, 0.3) is 33.2 Å². The monoisotopic (exact) mass is 414 g/mol. The summed E-state index contributed by atoms with van der Waals surface area (Å²) in [6.45, 7) is 1.72. The van der Waals surface area contributed by atoms with Crippen molar-refractivity contribution in [3.63, 3.8) is 0 Å². The van der Waals surface area contributed by atoms with Gasteiger partial charge in [-0.3, -0.25) is 9.36 Å². The molecule has 5 heteroatoms. The van der Waals surface area contributed by atoms with Crippen molar-refractivity contribution in [2.45, 2.75) is 6.92 Å². The number of carbonyl (C=O) groups excluding carboxylic acids is 1. The molecule has 0 atom stereocenters. The van der Waals surface area contributed by atoms with Crippen molar-refractivity contribution in [1.82, 2.24) is 9.55 Å². The lowest BCUT2D eigenvalue weighted by molar-refractivity contribution is 0.0961. The van der Waals surface area contributed by atoms with E-state index >= 15 is 0 Å². The summed E-state index contributed by atoms with van der Waals surface area (Å²) in [5, 5.41) is 2.47. The topological polar surface area (TPSA) is 34.9 Å². The zero-order chi connectivity index (χ0) is 20.8. The summed E-state index contributed by atoms with van der Waals surface area (Å²) in [5.41, 5.74) is 2.54. The standard InChI is InChI=1S/C25H16ClFN2O/c1-15-6-4-11-20(27)23(15)25(30)29-22-14-17(26)12-13-21(22)28-24(29)19-10-5-8-16-7-2-3-9-18(16)19/h2-14H,1H3. The van der Waals surface area contributed by atoms with E-state index in [9.17, 15) is 9.18 Å². The number of imidazole rings is 1. The van der Waals surface area contributed by atoms with Crippen LogP contribution in [0.1, 0.15) is 15.9 Å². The number of carbonyl (C=O) groups is 1. The quantitative estimate of drug-likeness (QED) is 0.324. The molecule has 30 heavy (non-hydrogen) atoms. The third-order valence-corrected chi connectivity index (χ3v) is 5.52. The van der Waals surface area contributed by atoms with E-state index in [4.69, 9.17) is 16.6 Å². The molecule has 146 valence electrons. The molecule has 5 aromatic rings. The molecule has 0 aliphatic rings. The van der Waals surface area contributed by atoms with Gasteiger partial charge in [-0.05, 0) is 47.5 Å². The highest BCUT2D eigenvalue weighted by atomic mass is 35.5. The minimum atomic E-state index is -0.562. The molecule has 0 aliphatic heterocycles. The third-order valence-electron chi connectivity index (χ3n) is 5.29. The molecule has 0 N–H and O–H groups in total. The first kappa shape index (κ1) is 18.5. The largest absolute Gasteiger partial charge is 0.268 e. The van der Waals surface area contributed by atoms with E-state index < -0.39 is 11.7 Å². The Balaban J connectivity index is 1.87. The van der Waals surface area contributed by atoms with Gasteiger partial charge in [-0.25, -0.2) is 9.37 Å². The molecule has 5 rings (SSSR count). The van der Waals surface area contributed by atoms with Crippen LogP contribution < -0.4 is 0 Å². The Bertz CT molecular complexity index is 1430. The van der Waals surface area contributed by atoms with E-state index in [1.807, 2.05) is 42.5 Å². The average molecular weight is 415 g/mol. The number of fused-ring (bicyclic) bond motifs is 2. The van der Waals surface area contributed by atoms with Crippen LogP contribution in [0.2, 0.25) is 5.02 Å². The number of halogens is 2. The van der Waals surface area contributed by atoms with Gasteiger partial charge in [0.25, 0.3) is 5.91 Å². The maximum absolute atomic E-state index is 14.7. The van der Waals surface area contributed by atoms with Crippen LogP contribution in [0.4, 0.5) is 4.39 Å². The number of hydrogen-bond acceptors (Lipinski definition) is 2. The first-order valence-electron chi connectivity index (χ1n) is 9.50. The molecule has 0 saturated heterocycles. The van der Waals surface area contributed by atoms with E-state index in [0.717, 1.165) is 16.3 Å². The Hall–Kier alpha value is -3.50. The fourth-order valence-corrected chi connectivity index (χ4v) is 4.04. The van der Waals surface area contributed by atoms with Crippen LogP contribution in [-0.2, 0) is 0 Å². The normalized spacial score (nSPS) is 11.3. The average Bonchev–Trinajstić information content (AvgIpc) is 3.11. The van der Waals surface area contributed by atoms with Gasteiger partial charge >= 0.3 is 0 Å². The van der Waals surface area contributed by atoms with Gasteiger partial charge in [-0.1, -0.05) is 66.2 Å². The molecule has 4 aromatic carbocycles. The highest BCUT2D eigenvalue weighted by Crippen LogP contribution is 2.33. The van der Waals surface area contributed by atoms with Crippen LogP contribution in [0.15, 0.2) is 78.9 Å². The number of benzene rings is 4. The molecule has 0 unspecified atom stereocenters. The van der Waals surface area contributed by atoms with Gasteiger partial charge in [-0.2, -0.15) is 0 Å². The first-order chi connectivity index (χ1) is 14.5. The molecule has 0 amide bonds.